The summed E-state index contributed by atoms with van der Waals surface area (Å²) in [5.41, 5.74) is 6.38. The van der Waals surface area contributed by atoms with Gasteiger partial charge in [0.15, 0.2) is 5.69 Å². The number of hydrogen-bond donors (Lipinski definition) is 1. The van der Waals surface area contributed by atoms with Crippen LogP contribution < -0.4 is 5.73 Å². The van der Waals surface area contributed by atoms with Gasteiger partial charge in [0.25, 0.3) is 5.91 Å². The minimum atomic E-state index is -0.172. The van der Waals surface area contributed by atoms with Crippen LogP contribution >= 0.6 is 22.6 Å². The Bertz CT molecular complexity index is 338. The van der Waals surface area contributed by atoms with E-state index in [0.29, 0.717) is 11.4 Å². The van der Waals surface area contributed by atoms with Crippen molar-refractivity contribution in [1.82, 2.24) is 9.88 Å². The second-order valence-corrected chi connectivity index (χ2v) is 4.04. The molecule has 0 saturated heterocycles. The van der Waals surface area contributed by atoms with Gasteiger partial charge in [0.1, 0.15) is 0 Å². The predicted molar refractivity (Wildman–Crippen MR) is 59.4 cm³/mol. The van der Waals surface area contributed by atoms with Gasteiger partial charge in [-0.15, -0.1) is 0 Å². The number of rotatable bonds is 1. The molecule has 4 nitrogen and oxygen atoms in total. The summed E-state index contributed by atoms with van der Waals surface area (Å²) in [7, 11) is 3.34. The number of halogens is 1. The minimum absolute atomic E-state index is 0.172. The molecule has 0 aliphatic heterocycles. The average Bonchev–Trinajstić information content (AvgIpc) is 2.03. The summed E-state index contributed by atoms with van der Waals surface area (Å²) in [5, 5.41) is 0. The number of nitrogens with zero attached hydrogens (tertiary/aromatic N) is 2. The Balaban J connectivity index is 3.09. The minimum Gasteiger partial charge on any atom is -0.397 e. The first kappa shape index (κ1) is 10.2. The lowest BCUT2D eigenvalue weighted by Gasteiger charge is -2.10. The molecule has 1 amide bonds. The number of aromatic nitrogens is 1. The highest BCUT2D eigenvalue weighted by molar-refractivity contribution is 14.1. The van der Waals surface area contributed by atoms with Gasteiger partial charge in [-0.25, -0.2) is 4.98 Å². The van der Waals surface area contributed by atoms with E-state index < -0.39 is 0 Å². The highest BCUT2D eigenvalue weighted by atomic mass is 127. The van der Waals surface area contributed by atoms with Crippen LogP contribution in [0.3, 0.4) is 0 Å². The summed E-state index contributed by atoms with van der Waals surface area (Å²) in [6.45, 7) is 0. The molecule has 70 valence electrons. The lowest BCUT2D eigenvalue weighted by molar-refractivity contribution is 0.0823. The Morgan fingerprint density at radius 1 is 1.62 bits per heavy atom. The second kappa shape index (κ2) is 3.91. The zero-order valence-corrected chi connectivity index (χ0v) is 9.57. The summed E-state index contributed by atoms with van der Waals surface area (Å²) in [4.78, 5) is 16.9. The Morgan fingerprint density at radius 2 is 2.23 bits per heavy atom. The van der Waals surface area contributed by atoms with Crippen LogP contribution in [0, 0.1) is 3.57 Å². The van der Waals surface area contributed by atoms with Gasteiger partial charge < -0.3 is 10.6 Å². The molecule has 0 fully saturated rings. The van der Waals surface area contributed by atoms with E-state index in [2.05, 4.69) is 27.6 Å². The topological polar surface area (TPSA) is 59.2 Å². The molecule has 2 N–H and O–H groups in total. The molecule has 0 atom stereocenters. The number of carbonyl (C=O) groups is 1. The monoisotopic (exact) mass is 291 g/mol. The van der Waals surface area contributed by atoms with Crippen molar-refractivity contribution in [2.75, 3.05) is 19.8 Å². The average molecular weight is 291 g/mol. The third-order valence-corrected chi connectivity index (χ3v) is 2.08. The van der Waals surface area contributed by atoms with Gasteiger partial charge in [-0.05, 0) is 28.7 Å². The van der Waals surface area contributed by atoms with Gasteiger partial charge in [-0.1, -0.05) is 0 Å². The van der Waals surface area contributed by atoms with Crippen molar-refractivity contribution in [2.45, 2.75) is 0 Å². The molecule has 1 heterocycles. The number of amides is 1. The van der Waals surface area contributed by atoms with Crippen molar-refractivity contribution in [2.24, 2.45) is 0 Å². The largest absolute Gasteiger partial charge is 0.397 e. The molecule has 13 heavy (non-hydrogen) atoms. The maximum absolute atomic E-state index is 11.5. The summed E-state index contributed by atoms with van der Waals surface area (Å²) >= 11 is 2.10. The van der Waals surface area contributed by atoms with E-state index in [1.54, 1.807) is 26.4 Å². The van der Waals surface area contributed by atoms with Crippen molar-refractivity contribution in [1.29, 1.82) is 0 Å². The fraction of sp³-hybridized carbons (Fsp3) is 0.250. The van der Waals surface area contributed by atoms with E-state index in [1.165, 1.54) is 4.90 Å². The number of nitrogens with two attached hydrogens (primary N) is 1. The van der Waals surface area contributed by atoms with Crippen LogP contribution in [0.15, 0.2) is 12.3 Å². The fourth-order valence-corrected chi connectivity index (χ4v) is 1.32. The Morgan fingerprint density at radius 3 is 2.69 bits per heavy atom. The van der Waals surface area contributed by atoms with Crippen molar-refractivity contribution in [3.63, 3.8) is 0 Å². The third kappa shape index (κ3) is 2.30. The Labute approximate surface area is 90.3 Å². The first-order chi connectivity index (χ1) is 6.02. The summed E-state index contributed by atoms with van der Waals surface area (Å²) in [6, 6.07) is 1.73. The molecule has 0 aromatic carbocycles. The lowest BCUT2D eigenvalue weighted by Crippen LogP contribution is -2.24. The molecule has 0 saturated carbocycles. The molecule has 0 unspecified atom stereocenters. The predicted octanol–water partition coefficient (Wildman–Crippen LogP) is 0.970. The number of anilines is 1. The maximum atomic E-state index is 11.5. The van der Waals surface area contributed by atoms with Crippen molar-refractivity contribution >= 4 is 34.2 Å². The summed E-state index contributed by atoms with van der Waals surface area (Å²) in [6.07, 6.45) is 1.62. The molecular weight excluding hydrogens is 281 g/mol. The first-order valence-corrected chi connectivity index (χ1v) is 4.73. The SMILES string of the molecule is CN(C)C(=O)c1ncc(I)cc1N. The molecule has 0 aliphatic carbocycles. The van der Waals surface area contributed by atoms with E-state index in [1.807, 2.05) is 0 Å². The molecule has 0 spiro atoms. The van der Waals surface area contributed by atoms with E-state index in [0.717, 1.165) is 3.57 Å². The first-order valence-electron chi connectivity index (χ1n) is 3.65. The molecular formula is C8H10IN3O. The summed E-state index contributed by atoms with van der Waals surface area (Å²) in [5.74, 6) is -0.172. The van der Waals surface area contributed by atoms with E-state index in [9.17, 15) is 4.79 Å². The van der Waals surface area contributed by atoms with Crippen LogP contribution in [0.25, 0.3) is 0 Å². The van der Waals surface area contributed by atoms with Gasteiger partial charge in [-0.3, -0.25) is 4.79 Å². The van der Waals surface area contributed by atoms with Gasteiger partial charge in [-0.2, -0.15) is 0 Å². The molecule has 1 aromatic rings. The van der Waals surface area contributed by atoms with Crippen LogP contribution in [-0.2, 0) is 0 Å². The van der Waals surface area contributed by atoms with Gasteiger partial charge in [0, 0.05) is 23.9 Å². The van der Waals surface area contributed by atoms with Gasteiger partial charge in [0.05, 0.1) is 5.69 Å². The molecule has 1 aromatic heterocycles. The van der Waals surface area contributed by atoms with Gasteiger partial charge in [0.2, 0.25) is 0 Å². The molecule has 0 aliphatic rings. The van der Waals surface area contributed by atoms with E-state index in [4.69, 9.17) is 5.73 Å². The molecule has 1 rings (SSSR count). The second-order valence-electron chi connectivity index (χ2n) is 2.79. The Hall–Kier alpha value is -0.850. The van der Waals surface area contributed by atoms with Crippen molar-refractivity contribution < 1.29 is 4.79 Å². The number of nitrogen functional groups attached to an aromatic ring is 1. The van der Waals surface area contributed by atoms with Crippen LogP contribution in [0.4, 0.5) is 5.69 Å². The highest BCUT2D eigenvalue weighted by Crippen LogP contribution is 2.13. The van der Waals surface area contributed by atoms with Crippen molar-refractivity contribution in [3.8, 4) is 0 Å². The lowest BCUT2D eigenvalue weighted by atomic mass is 10.3. The fourth-order valence-electron chi connectivity index (χ4n) is 0.845. The van der Waals surface area contributed by atoms with E-state index >= 15 is 0 Å². The number of carbonyl (C=O) groups excluding carboxylic acids is 1. The van der Waals surface area contributed by atoms with Gasteiger partial charge >= 0.3 is 0 Å². The highest BCUT2D eigenvalue weighted by Gasteiger charge is 2.12. The maximum Gasteiger partial charge on any atom is 0.274 e. The quantitative estimate of drug-likeness (QED) is 0.784. The van der Waals surface area contributed by atoms with Crippen LogP contribution in [0.1, 0.15) is 10.5 Å². The zero-order chi connectivity index (χ0) is 10.0. The third-order valence-electron chi connectivity index (χ3n) is 1.49. The molecule has 0 radical (unpaired) electrons. The zero-order valence-electron chi connectivity index (χ0n) is 7.41. The number of pyridine rings is 1. The van der Waals surface area contributed by atoms with Crippen LogP contribution in [0.5, 0.6) is 0 Å². The van der Waals surface area contributed by atoms with Crippen molar-refractivity contribution in [3.05, 3.63) is 21.5 Å². The van der Waals surface area contributed by atoms with E-state index in [-0.39, 0.29) is 5.91 Å². The standard InChI is InChI=1S/C8H10IN3O/c1-12(2)8(13)7-6(10)3-5(9)4-11-7/h3-4H,10H2,1-2H3. The molecule has 0 bridgehead atoms. The van der Waals surface area contributed by atoms with Crippen LogP contribution in [-0.4, -0.2) is 29.9 Å². The van der Waals surface area contributed by atoms with Crippen LogP contribution in [0.2, 0.25) is 0 Å². The summed E-state index contributed by atoms with van der Waals surface area (Å²) < 4.78 is 0.922. The normalized spacial score (nSPS) is 9.77. The number of hydrogen-bond acceptors (Lipinski definition) is 3. The molecule has 5 heteroatoms. The Kier molecular flexibility index (Phi) is 3.07. The smallest absolute Gasteiger partial charge is 0.274 e.